The van der Waals surface area contributed by atoms with Crippen LogP contribution in [0.3, 0.4) is 0 Å². The highest BCUT2D eigenvalue weighted by Crippen LogP contribution is 2.16. The van der Waals surface area contributed by atoms with Crippen LogP contribution in [0.4, 0.5) is 10.8 Å². The fourth-order valence-electron chi connectivity index (χ4n) is 1.07. The Hall–Kier alpha value is -1.30. The third kappa shape index (κ3) is 4.64. The van der Waals surface area contributed by atoms with Crippen molar-refractivity contribution in [3.05, 3.63) is 6.07 Å². The molecule has 0 aliphatic rings. The summed E-state index contributed by atoms with van der Waals surface area (Å²) < 4.78 is 3.92. The minimum Gasteiger partial charge on any atom is -0.383 e. The topological polar surface area (TPSA) is 80.0 Å². The first kappa shape index (κ1) is 11.8. The van der Waals surface area contributed by atoms with Gasteiger partial charge in [-0.2, -0.15) is 4.37 Å². The highest BCUT2D eigenvalue weighted by atomic mass is 32.1. The lowest BCUT2D eigenvalue weighted by Gasteiger charge is -2.08. The van der Waals surface area contributed by atoms with Crippen LogP contribution in [0.25, 0.3) is 0 Å². The summed E-state index contributed by atoms with van der Waals surface area (Å²) in [4.78, 5) is 11.3. The van der Waals surface area contributed by atoms with Crippen LogP contribution in [0, 0.1) is 0 Å². The van der Waals surface area contributed by atoms with Crippen LogP contribution in [0.15, 0.2) is 6.07 Å². The first-order valence-corrected chi connectivity index (χ1v) is 5.60. The Morgan fingerprint density at radius 2 is 2.40 bits per heavy atom. The fraction of sp³-hybridized carbons (Fsp3) is 0.556. The predicted octanol–water partition coefficient (Wildman–Crippen LogP) is 1.05. The number of nitrogens with one attached hydrogen (secondary N) is 2. The van der Waals surface area contributed by atoms with E-state index in [0.29, 0.717) is 18.8 Å². The van der Waals surface area contributed by atoms with Gasteiger partial charge >= 0.3 is 0 Å². The average Bonchev–Trinajstić information content (AvgIpc) is 2.50. The normalized spacial score (nSPS) is 10.3. The molecular weight excluding hydrogens is 212 g/mol. The zero-order valence-corrected chi connectivity index (χ0v) is 9.73. The van der Waals surface area contributed by atoms with Crippen molar-refractivity contribution in [1.29, 1.82) is 0 Å². The molecule has 1 aromatic rings. The maximum atomic E-state index is 11.3. The standard InChI is InChI=1S/C9H16N4OS/c1-6(2)12-8(14)3-4-11-9-5-7(10)13-15-9/h5-6,11H,3-4H2,1-2H3,(H2,10,13)(H,12,14). The number of nitrogen functional groups attached to an aromatic ring is 1. The second-order valence-electron chi connectivity index (χ2n) is 3.52. The molecule has 1 heterocycles. The van der Waals surface area contributed by atoms with Gasteiger partial charge in [0.25, 0.3) is 0 Å². The Bertz CT molecular complexity index is 324. The SMILES string of the molecule is CC(C)NC(=O)CCNc1cc(N)ns1. The van der Waals surface area contributed by atoms with E-state index in [4.69, 9.17) is 5.73 Å². The van der Waals surface area contributed by atoms with Crippen LogP contribution < -0.4 is 16.4 Å². The van der Waals surface area contributed by atoms with E-state index >= 15 is 0 Å². The summed E-state index contributed by atoms with van der Waals surface area (Å²) in [5.74, 6) is 0.559. The van der Waals surface area contributed by atoms with Gasteiger partial charge in [0.05, 0.1) is 0 Å². The number of nitrogens with two attached hydrogens (primary N) is 1. The van der Waals surface area contributed by atoms with Gasteiger partial charge in [0.2, 0.25) is 5.91 Å². The molecule has 0 aliphatic carbocycles. The molecule has 0 atom stereocenters. The highest BCUT2D eigenvalue weighted by molar-refractivity contribution is 7.10. The third-order valence-corrected chi connectivity index (χ3v) is 2.39. The van der Waals surface area contributed by atoms with Crippen LogP contribution in [0.2, 0.25) is 0 Å². The van der Waals surface area contributed by atoms with E-state index in [1.165, 1.54) is 11.5 Å². The Morgan fingerprint density at radius 1 is 1.67 bits per heavy atom. The summed E-state index contributed by atoms with van der Waals surface area (Å²) in [6, 6.07) is 1.95. The molecule has 0 spiro atoms. The number of aromatic nitrogens is 1. The minimum absolute atomic E-state index is 0.0509. The summed E-state index contributed by atoms with van der Waals surface area (Å²) in [6.45, 7) is 4.48. The summed E-state index contributed by atoms with van der Waals surface area (Å²) in [5, 5.41) is 6.80. The van der Waals surface area contributed by atoms with E-state index in [1.54, 1.807) is 6.07 Å². The van der Waals surface area contributed by atoms with Gasteiger partial charge in [0.15, 0.2) is 0 Å². The summed E-state index contributed by atoms with van der Waals surface area (Å²) in [5.41, 5.74) is 5.46. The predicted molar refractivity (Wildman–Crippen MR) is 62.9 cm³/mol. The zero-order chi connectivity index (χ0) is 11.3. The number of carbonyl (C=O) groups is 1. The van der Waals surface area contributed by atoms with E-state index in [9.17, 15) is 4.79 Å². The lowest BCUT2D eigenvalue weighted by molar-refractivity contribution is -0.121. The molecule has 15 heavy (non-hydrogen) atoms. The maximum absolute atomic E-state index is 11.3. The molecule has 0 aromatic carbocycles. The van der Waals surface area contributed by atoms with Crippen molar-refractivity contribution in [3.63, 3.8) is 0 Å². The van der Waals surface area contributed by atoms with Gasteiger partial charge in [-0.25, -0.2) is 0 Å². The molecule has 0 saturated heterocycles. The summed E-state index contributed by atoms with van der Waals surface area (Å²) >= 11 is 1.30. The van der Waals surface area contributed by atoms with E-state index < -0.39 is 0 Å². The lowest BCUT2D eigenvalue weighted by atomic mass is 10.3. The van der Waals surface area contributed by atoms with Gasteiger partial charge < -0.3 is 16.4 Å². The van der Waals surface area contributed by atoms with E-state index in [0.717, 1.165) is 5.00 Å². The fourth-order valence-corrected chi connectivity index (χ4v) is 1.66. The van der Waals surface area contributed by atoms with E-state index in [1.807, 2.05) is 13.8 Å². The van der Waals surface area contributed by atoms with Crippen molar-refractivity contribution in [2.75, 3.05) is 17.6 Å². The Kier molecular flexibility index (Phi) is 4.36. The monoisotopic (exact) mass is 228 g/mol. The smallest absolute Gasteiger partial charge is 0.221 e. The van der Waals surface area contributed by atoms with Crippen molar-refractivity contribution in [2.24, 2.45) is 0 Å². The molecule has 1 rings (SSSR count). The van der Waals surface area contributed by atoms with E-state index in [-0.39, 0.29) is 11.9 Å². The van der Waals surface area contributed by atoms with Gasteiger partial charge in [-0.3, -0.25) is 4.79 Å². The van der Waals surface area contributed by atoms with Crippen molar-refractivity contribution in [2.45, 2.75) is 26.3 Å². The molecule has 0 unspecified atom stereocenters. The number of nitrogens with zero attached hydrogens (tertiary/aromatic N) is 1. The first-order chi connectivity index (χ1) is 7.08. The van der Waals surface area contributed by atoms with Crippen LogP contribution in [0.1, 0.15) is 20.3 Å². The van der Waals surface area contributed by atoms with Crippen molar-refractivity contribution in [3.8, 4) is 0 Å². The van der Waals surface area contributed by atoms with Gasteiger partial charge in [-0.15, -0.1) is 0 Å². The van der Waals surface area contributed by atoms with Crippen molar-refractivity contribution in [1.82, 2.24) is 9.69 Å². The molecule has 1 aromatic heterocycles. The number of anilines is 2. The summed E-state index contributed by atoms with van der Waals surface area (Å²) in [6.07, 6.45) is 0.454. The molecule has 6 heteroatoms. The molecule has 4 N–H and O–H groups in total. The quantitative estimate of drug-likeness (QED) is 0.703. The van der Waals surface area contributed by atoms with Gasteiger partial charge in [-0.1, -0.05) is 0 Å². The lowest BCUT2D eigenvalue weighted by Crippen LogP contribution is -2.31. The maximum Gasteiger partial charge on any atom is 0.221 e. The molecule has 1 amide bonds. The highest BCUT2D eigenvalue weighted by Gasteiger charge is 2.03. The van der Waals surface area contributed by atoms with Gasteiger partial charge in [0.1, 0.15) is 10.8 Å². The zero-order valence-electron chi connectivity index (χ0n) is 8.91. The molecule has 0 aliphatic heterocycles. The van der Waals surface area contributed by atoms with Gasteiger partial charge in [0, 0.05) is 25.1 Å². The Morgan fingerprint density at radius 3 is 2.93 bits per heavy atom. The van der Waals surface area contributed by atoms with Crippen LogP contribution in [0.5, 0.6) is 0 Å². The largest absolute Gasteiger partial charge is 0.383 e. The second-order valence-corrected chi connectivity index (χ2v) is 4.32. The number of carbonyl (C=O) groups excluding carboxylic acids is 1. The minimum atomic E-state index is 0.0509. The number of rotatable bonds is 5. The van der Waals surface area contributed by atoms with Gasteiger partial charge in [-0.05, 0) is 25.4 Å². The molecule has 0 radical (unpaired) electrons. The first-order valence-electron chi connectivity index (χ1n) is 4.83. The molecule has 0 saturated carbocycles. The average molecular weight is 228 g/mol. The number of hydrogen-bond acceptors (Lipinski definition) is 5. The van der Waals surface area contributed by atoms with E-state index in [2.05, 4.69) is 15.0 Å². The molecular formula is C9H16N4OS. The Labute approximate surface area is 93.2 Å². The molecule has 0 bridgehead atoms. The van der Waals surface area contributed by atoms with Crippen LogP contribution in [-0.4, -0.2) is 22.9 Å². The number of amides is 1. The van der Waals surface area contributed by atoms with Crippen molar-refractivity contribution < 1.29 is 4.79 Å². The second kappa shape index (κ2) is 5.55. The van der Waals surface area contributed by atoms with Crippen molar-refractivity contribution >= 4 is 28.3 Å². The Balaban J connectivity index is 2.19. The van der Waals surface area contributed by atoms with Crippen LogP contribution in [-0.2, 0) is 4.79 Å². The molecule has 84 valence electrons. The molecule has 5 nitrogen and oxygen atoms in total. The third-order valence-electron chi connectivity index (χ3n) is 1.63. The molecule has 0 fully saturated rings. The number of hydrogen-bond donors (Lipinski definition) is 3. The summed E-state index contributed by atoms with van der Waals surface area (Å²) in [7, 11) is 0. The van der Waals surface area contributed by atoms with Crippen LogP contribution >= 0.6 is 11.5 Å².